The van der Waals surface area contributed by atoms with Gasteiger partial charge in [-0.2, -0.15) is 0 Å². The third-order valence-corrected chi connectivity index (χ3v) is 2.58. The third kappa shape index (κ3) is 1.68. The van der Waals surface area contributed by atoms with Gasteiger partial charge < -0.3 is 16.4 Å². The Morgan fingerprint density at radius 1 is 1.33 bits per heavy atom. The van der Waals surface area contributed by atoms with E-state index in [1.807, 2.05) is 32.0 Å². The SMILES string of the molecule is CC1(C)Nc2ccc(CN)cc2NC1=O. The van der Waals surface area contributed by atoms with Crippen LogP contribution < -0.4 is 16.4 Å². The number of hydrogen-bond donors (Lipinski definition) is 3. The van der Waals surface area contributed by atoms with Gasteiger partial charge in [-0.15, -0.1) is 0 Å². The fourth-order valence-corrected chi connectivity index (χ4v) is 1.60. The average molecular weight is 205 g/mol. The molecule has 0 saturated carbocycles. The molecule has 0 unspecified atom stereocenters. The van der Waals surface area contributed by atoms with Gasteiger partial charge in [0.1, 0.15) is 5.54 Å². The van der Waals surface area contributed by atoms with Crippen molar-refractivity contribution in [2.75, 3.05) is 10.6 Å². The molecule has 15 heavy (non-hydrogen) atoms. The lowest BCUT2D eigenvalue weighted by atomic mass is 9.99. The molecule has 0 saturated heterocycles. The van der Waals surface area contributed by atoms with E-state index >= 15 is 0 Å². The molecule has 1 aromatic rings. The van der Waals surface area contributed by atoms with E-state index in [1.165, 1.54) is 0 Å². The predicted octanol–water partition coefficient (Wildman–Crippen LogP) is 1.29. The highest BCUT2D eigenvalue weighted by Crippen LogP contribution is 2.31. The minimum absolute atomic E-state index is 0.0239. The largest absolute Gasteiger partial charge is 0.370 e. The normalized spacial score (nSPS) is 17.7. The standard InChI is InChI=1S/C11H15N3O/c1-11(2)10(15)13-9-5-7(6-12)3-4-8(9)14-11/h3-5,14H,6,12H2,1-2H3,(H,13,15). The van der Waals surface area contributed by atoms with Crippen LogP contribution in [0.1, 0.15) is 19.4 Å². The van der Waals surface area contributed by atoms with Gasteiger partial charge in [-0.3, -0.25) is 4.79 Å². The molecule has 2 rings (SSSR count). The van der Waals surface area contributed by atoms with Crippen molar-refractivity contribution in [3.8, 4) is 0 Å². The van der Waals surface area contributed by atoms with Gasteiger partial charge in [-0.1, -0.05) is 6.07 Å². The number of fused-ring (bicyclic) bond motifs is 1. The van der Waals surface area contributed by atoms with Crippen LogP contribution in [-0.4, -0.2) is 11.4 Å². The summed E-state index contributed by atoms with van der Waals surface area (Å²) in [5.74, 6) is -0.0239. The van der Waals surface area contributed by atoms with Gasteiger partial charge in [0.05, 0.1) is 11.4 Å². The van der Waals surface area contributed by atoms with Crippen molar-refractivity contribution in [3.63, 3.8) is 0 Å². The summed E-state index contributed by atoms with van der Waals surface area (Å²) < 4.78 is 0. The topological polar surface area (TPSA) is 67.2 Å². The molecule has 0 bridgehead atoms. The van der Waals surface area contributed by atoms with E-state index in [2.05, 4.69) is 10.6 Å². The van der Waals surface area contributed by atoms with Gasteiger partial charge in [-0.25, -0.2) is 0 Å². The first kappa shape index (κ1) is 9.98. The number of carbonyl (C=O) groups excluding carboxylic acids is 1. The maximum atomic E-state index is 11.7. The van der Waals surface area contributed by atoms with Crippen LogP contribution in [0.3, 0.4) is 0 Å². The van der Waals surface area contributed by atoms with Crippen molar-refractivity contribution in [1.82, 2.24) is 0 Å². The number of anilines is 2. The van der Waals surface area contributed by atoms with Crippen molar-refractivity contribution in [3.05, 3.63) is 23.8 Å². The lowest BCUT2D eigenvalue weighted by Crippen LogP contribution is -2.47. The number of nitrogens with two attached hydrogens (primary N) is 1. The Bertz CT molecular complexity index is 412. The number of benzene rings is 1. The molecule has 4 nitrogen and oxygen atoms in total. The van der Waals surface area contributed by atoms with Gasteiger partial charge in [0.15, 0.2) is 0 Å². The van der Waals surface area contributed by atoms with E-state index in [4.69, 9.17) is 5.73 Å². The molecule has 1 aliphatic heterocycles. The molecule has 0 aliphatic carbocycles. The van der Waals surface area contributed by atoms with Crippen LogP contribution in [0.4, 0.5) is 11.4 Å². The molecule has 1 aromatic carbocycles. The van der Waals surface area contributed by atoms with Crippen LogP contribution in [0.5, 0.6) is 0 Å². The highest BCUT2D eigenvalue weighted by Gasteiger charge is 2.32. The van der Waals surface area contributed by atoms with Gasteiger partial charge >= 0.3 is 0 Å². The Balaban J connectivity index is 2.41. The summed E-state index contributed by atoms with van der Waals surface area (Å²) in [6, 6.07) is 5.80. The van der Waals surface area contributed by atoms with Crippen LogP contribution in [0, 0.1) is 0 Å². The minimum atomic E-state index is -0.558. The van der Waals surface area contributed by atoms with Crippen molar-refractivity contribution >= 4 is 17.3 Å². The number of carbonyl (C=O) groups is 1. The third-order valence-electron chi connectivity index (χ3n) is 2.58. The number of nitrogens with one attached hydrogen (secondary N) is 2. The van der Waals surface area contributed by atoms with Crippen molar-refractivity contribution < 1.29 is 4.79 Å². The van der Waals surface area contributed by atoms with Crippen molar-refractivity contribution in [1.29, 1.82) is 0 Å². The van der Waals surface area contributed by atoms with Crippen molar-refractivity contribution in [2.45, 2.75) is 25.9 Å². The number of rotatable bonds is 1. The molecule has 0 atom stereocenters. The Kier molecular flexibility index (Phi) is 2.16. The van der Waals surface area contributed by atoms with Gasteiger partial charge in [0, 0.05) is 6.54 Å². The first-order valence-electron chi connectivity index (χ1n) is 4.95. The van der Waals surface area contributed by atoms with Crippen molar-refractivity contribution in [2.24, 2.45) is 5.73 Å². The highest BCUT2D eigenvalue weighted by molar-refractivity contribution is 6.05. The first-order chi connectivity index (χ1) is 7.03. The second-order valence-corrected chi connectivity index (χ2v) is 4.29. The van der Waals surface area contributed by atoms with Crippen LogP contribution in [0.15, 0.2) is 18.2 Å². The van der Waals surface area contributed by atoms with Crippen LogP contribution >= 0.6 is 0 Å². The predicted molar refractivity (Wildman–Crippen MR) is 60.7 cm³/mol. The zero-order valence-electron chi connectivity index (χ0n) is 8.92. The van der Waals surface area contributed by atoms with Gasteiger partial charge in [0.2, 0.25) is 5.91 Å². The van der Waals surface area contributed by atoms with E-state index in [-0.39, 0.29) is 5.91 Å². The number of amides is 1. The smallest absolute Gasteiger partial charge is 0.249 e. The lowest BCUT2D eigenvalue weighted by Gasteiger charge is -2.32. The molecule has 4 N–H and O–H groups in total. The fourth-order valence-electron chi connectivity index (χ4n) is 1.60. The highest BCUT2D eigenvalue weighted by atomic mass is 16.2. The maximum Gasteiger partial charge on any atom is 0.249 e. The summed E-state index contributed by atoms with van der Waals surface area (Å²) in [6.07, 6.45) is 0. The van der Waals surface area contributed by atoms with Gasteiger partial charge in [-0.05, 0) is 31.5 Å². The molecule has 0 spiro atoms. The molecule has 1 heterocycles. The maximum absolute atomic E-state index is 11.7. The van der Waals surface area contributed by atoms with E-state index in [0.29, 0.717) is 6.54 Å². The summed E-state index contributed by atoms with van der Waals surface area (Å²) >= 11 is 0. The molecule has 1 amide bonds. The zero-order valence-corrected chi connectivity index (χ0v) is 8.92. The monoisotopic (exact) mass is 205 g/mol. The van der Waals surface area contributed by atoms with E-state index < -0.39 is 5.54 Å². The van der Waals surface area contributed by atoms with E-state index in [9.17, 15) is 4.79 Å². The Hall–Kier alpha value is -1.55. The molecule has 0 radical (unpaired) electrons. The summed E-state index contributed by atoms with van der Waals surface area (Å²) in [7, 11) is 0. The van der Waals surface area contributed by atoms with E-state index in [0.717, 1.165) is 16.9 Å². The molecule has 0 aromatic heterocycles. The molecule has 1 aliphatic rings. The van der Waals surface area contributed by atoms with E-state index in [1.54, 1.807) is 0 Å². The molecular weight excluding hydrogens is 190 g/mol. The molecule has 0 fully saturated rings. The molecule has 4 heteroatoms. The average Bonchev–Trinajstić information content (AvgIpc) is 2.19. The Morgan fingerprint density at radius 3 is 2.73 bits per heavy atom. The quantitative estimate of drug-likeness (QED) is 0.647. The second-order valence-electron chi connectivity index (χ2n) is 4.29. The van der Waals surface area contributed by atoms with Crippen LogP contribution in [0.2, 0.25) is 0 Å². The molecule has 80 valence electrons. The van der Waals surface area contributed by atoms with Crippen LogP contribution in [-0.2, 0) is 11.3 Å². The fraction of sp³-hybridized carbons (Fsp3) is 0.364. The summed E-state index contributed by atoms with van der Waals surface area (Å²) in [6.45, 7) is 4.18. The lowest BCUT2D eigenvalue weighted by molar-refractivity contribution is -0.119. The minimum Gasteiger partial charge on any atom is -0.370 e. The zero-order chi connectivity index (χ0) is 11.1. The first-order valence-corrected chi connectivity index (χ1v) is 4.95. The second kappa shape index (κ2) is 3.24. The Labute approximate surface area is 88.9 Å². The molecular formula is C11H15N3O. The Morgan fingerprint density at radius 2 is 2.07 bits per heavy atom. The number of hydrogen-bond acceptors (Lipinski definition) is 3. The summed E-state index contributed by atoms with van der Waals surface area (Å²) in [4.78, 5) is 11.7. The summed E-state index contributed by atoms with van der Waals surface area (Å²) in [5, 5.41) is 6.05. The summed E-state index contributed by atoms with van der Waals surface area (Å²) in [5.41, 5.74) is 7.74. The van der Waals surface area contributed by atoms with Crippen LogP contribution in [0.25, 0.3) is 0 Å². The van der Waals surface area contributed by atoms with Gasteiger partial charge in [0.25, 0.3) is 0 Å².